The molecule has 3 N–H and O–H groups in total. The fraction of sp³-hybridized carbons (Fsp3) is 0.333. The Morgan fingerprint density at radius 1 is 1.21 bits per heavy atom. The third-order valence-corrected chi connectivity index (χ3v) is 5.68. The Morgan fingerprint density at radius 2 is 1.90 bits per heavy atom. The van der Waals surface area contributed by atoms with Crippen LogP contribution in [-0.2, 0) is 21.1 Å². The van der Waals surface area contributed by atoms with Gasteiger partial charge in [0.15, 0.2) is 0 Å². The molecular weight excluding hydrogens is 413 g/mol. The molecule has 1 aromatic heterocycles. The van der Waals surface area contributed by atoms with Gasteiger partial charge < -0.3 is 5.73 Å². The van der Waals surface area contributed by atoms with Crippen molar-refractivity contribution < 1.29 is 30.9 Å². The first kappa shape index (κ1) is 21.1. The zero-order chi connectivity index (χ0) is 21.6. The number of alkyl halides is 3. The highest BCUT2D eigenvalue weighted by atomic mass is 32.2. The third-order valence-electron chi connectivity index (χ3n) is 4.83. The molecule has 156 valence electrons. The van der Waals surface area contributed by atoms with E-state index in [9.17, 15) is 35.7 Å². The lowest BCUT2D eigenvalue weighted by Gasteiger charge is -2.25. The maximum atomic E-state index is 13.5. The summed E-state index contributed by atoms with van der Waals surface area (Å²) in [6.45, 7) is 0. The average Bonchev–Trinajstić information content (AvgIpc) is 2.62. The molecule has 3 rings (SSSR count). The van der Waals surface area contributed by atoms with Gasteiger partial charge in [0.25, 0.3) is 15.7 Å². The molecule has 0 saturated carbocycles. The molecular formula is C18H17F3N2O5S. The normalized spacial score (nSPS) is 16.5. The number of nitrogens with two attached hydrogens (primary N) is 1. The van der Waals surface area contributed by atoms with Crippen molar-refractivity contribution in [1.82, 2.24) is 4.57 Å². The van der Waals surface area contributed by atoms with Gasteiger partial charge in [0.05, 0.1) is 16.0 Å². The van der Waals surface area contributed by atoms with Gasteiger partial charge in [0, 0.05) is 11.5 Å². The summed E-state index contributed by atoms with van der Waals surface area (Å²) in [6, 6.07) is 1.44. The van der Waals surface area contributed by atoms with Gasteiger partial charge in [0.2, 0.25) is 5.91 Å². The molecule has 7 nitrogen and oxygen atoms in total. The van der Waals surface area contributed by atoms with Gasteiger partial charge in [-0.05, 0) is 49.5 Å². The molecule has 0 radical (unpaired) electrons. The molecule has 1 aromatic carbocycles. The second-order valence-electron chi connectivity index (χ2n) is 6.75. The van der Waals surface area contributed by atoms with Crippen LogP contribution < -0.4 is 11.3 Å². The monoisotopic (exact) mass is 430 g/mol. The van der Waals surface area contributed by atoms with Crippen LogP contribution in [0, 0.1) is 0 Å². The summed E-state index contributed by atoms with van der Waals surface area (Å²) in [5.41, 5.74) is 3.22. The summed E-state index contributed by atoms with van der Waals surface area (Å²) >= 11 is 0. The van der Waals surface area contributed by atoms with Gasteiger partial charge in [-0.15, -0.1) is 0 Å². The minimum absolute atomic E-state index is 0.301. The summed E-state index contributed by atoms with van der Waals surface area (Å²) in [5.74, 6) is -0.917. The molecule has 1 aliphatic carbocycles. The van der Waals surface area contributed by atoms with Crippen LogP contribution in [0.2, 0.25) is 0 Å². The number of rotatable bonds is 4. The van der Waals surface area contributed by atoms with Crippen molar-refractivity contribution in [2.45, 2.75) is 42.8 Å². The predicted octanol–water partition coefficient (Wildman–Crippen LogP) is 2.79. The molecule has 0 aliphatic heterocycles. The smallest absolute Gasteiger partial charge is 0.368 e. The maximum absolute atomic E-state index is 13.5. The lowest BCUT2D eigenvalue weighted by atomic mass is 9.92. The molecule has 0 spiro atoms. The Hall–Kier alpha value is -2.66. The number of pyridine rings is 1. The second kappa shape index (κ2) is 7.30. The van der Waals surface area contributed by atoms with Crippen LogP contribution in [-0.4, -0.2) is 23.4 Å². The van der Waals surface area contributed by atoms with Crippen LogP contribution in [0.15, 0.2) is 45.6 Å². The quantitative estimate of drug-likeness (QED) is 0.571. The molecule has 1 heterocycles. The molecule has 1 aliphatic rings. The molecule has 0 saturated heterocycles. The number of hydrogen-bond donors (Lipinski definition) is 2. The fourth-order valence-corrected chi connectivity index (χ4v) is 4.09. The highest BCUT2D eigenvalue weighted by molar-refractivity contribution is 7.85. The SMILES string of the molecule is NC(=O)C(C1=CCCCC1)n1c(=O)cc(C(F)(F)F)c2cc(S(=O)(=O)O)ccc21. The summed E-state index contributed by atoms with van der Waals surface area (Å²) in [4.78, 5) is 24.0. The van der Waals surface area contributed by atoms with Crippen molar-refractivity contribution in [3.05, 3.63) is 51.8 Å². The molecule has 1 amide bonds. The lowest BCUT2D eigenvalue weighted by Crippen LogP contribution is -2.36. The Balaban J connectivity index is 2.42. The van der Waals surface area contributed by atoms with E-state index in [1.165, 1.54) is 0 Å². The maximum Gasteiger partial charge on any atom is 0.417 e. The van der Waals surface area contributed by atoms with Crippen molar-refractivity contribution in [2.24, 2.45) is 5.73 Å². The van der Waals surface area contributed by atoms with Gasteiger partial charge in [-0.25, -0.2) is 0 Å². The zero-order valence-electron chi connectivity index (χ0n) is 14.9. The Bertz CT molecular complexity index is 1180. The van der Waals surface area contributed by atoms with E-state index in [1.54, 1.807) is 6.08 Å². The average molecular weight is 430 g/mol. The fourth-order valence-electron chi connectivity index (χ4n) is 3.58. The highest BCUT2D eigenvalue weighted by Crippen LogP contribution is 2.37. The van der Waals surface area contributed by atoms with Gasteiger partial charge in [-0.1, -0.05) is 6.08 Å². The van der Waals surface area contributed by atoms with E-state index in [-0.39, 0.29) is 5.52 Å². The van der Waals surface area contributed by atoms with Crippen LogP contribution in [0.4, 0.5) is 13.2 Å². The van der Waals surface area contributed by atoms with Crippen LogP contribution in [0.1, 0.15) is 37.3 Å². The zero-order valence-corrected chi connectivity index (χ0v) is 15.8. The van der Waals surface area contributed by atoms with Crippen molar-refractivity contribution in [1.29, 1.82) is 0 Å². The Labute approximate surface area is 163 Å². The second-order valence-corrected chi connectivity index (χ2v) is 8.17. The number of carbonyl (C=O) groups excluding carboxylic acids is 1. The summed E-state index contributed by atoms with van der Waals surface area (Å²) in [6.07, 6.45) is -0.543. The third kappa shape index (κ3) is 4.06. The van der Waals surface area contributed by atoms with E-state index in [2.05, 4.69) is 0 Å². The van der Waals surface area contributed by atoms with Gasteiger partial charge in [-0.3, -0.25) is 18.7 Å². The summed E-state index contributed by atoms with van der Waals surface area (Å²) < 4.78 is 73.4. The van der Waals surface area contributed by atoms with E-state index >= 15 is 0 Å². The van der Waals surface area contributed by atoms with Crippen LogP contribution in [0.3, 0.4) is 0 Å². The standard InChI is InChI=1S/C18H17F3N2O5S/c19-18(20,21)13-9-15(24)23(16(17(22)25)10-4-2-1-3-5-10)14-7-6-11(8-12(13)14)29(26,27)28/h4,6-9,16H,1-3,5H2,(H2,22,25)(H,26,27,28). The molecule has 2 aromatic rings. The molecule has 11 heteroatoms. The number of carbonyl (C=O) groups is 1. The molecule has 1 atom stereocenters. The number of aromatic nitrogens is 1. The number of allylic oxidation sites excluding steroid dienone is 1. The topological polar surface area (TPSA) is 119 Å². The minimum Gasteiger partial charge on any atom is -0.368 e. The predicted molar refractivity (Wildman–Crippen MR) is 97.8 cm³/mol. The number of hydrogen-bond acceptors (Lipinski definition) is 4. The van der Waals surface area contributed by atoms with Crippen LogP contribution >= 0.6 is 0 Å². The number of nitrogens with zero attached hydrogens (tertiary/aromatic N) is 1. The van der Waals surface area contributed by atoms with Crippen molar-refractivity contribution >= 4 is 26.9 Å². The van der Waals surface area contributed by atoms with Crippen molar-refractivity contribution in [3.8, 4) is 0 Å². The largest absolute Gasteiger partial charge is 0.417 e. The van der Waals surface area contributed by atoms with E-state index in [0.29, 0.717) is 30.5 Å². The molecule has 0 fully saturated rings. The van der Waals surface area contributed by atoms with E-state index < -0.39 is 49.6 Å². The highest BCUT2D eigenvalue weighted by Gasteiger charge is 2.36. The Kier molecular flexibility index (Phi) is 5.30. The molecule has 29 heavy (non-hydrogen) atoms. The number of fused-ring (bicyclic) bond motifs is 1. The first-order chi connectivity index (χ1) is 13.4. The van der Waals surface area contributed by atoms with Gasteiger partial charge >= 0.3 is 6.18 Å². The number of amides is 1. The summed E-state index contributed by atoms with van der Waals surface area (Å²) in [5, 5.41) is -0.644. The van der Waals surface area contributed by atoms with E-state index in [0.717, 1.165) is 29.5 Å². The van der Waals surface area contributed by atoms with Crippen LogP contribution in [0.5, 0.6) is 0 Å². The molecule has 0 bridgehead atoms. The van der Waals surface area contributed by atoms with Gasteiger partial charge in [-0.2, -0.15) is 21.6 Å². The first-order valence-electron chi connectivity index (χ1n) is 8.63. The summed E-state index contributed by atoms with van der Waals surface area (Å²) in [7, 11) is -4.79. The number of primary amides is 1. The lowest BCUT2D eigenvalue weighted by molar-refractivity contribution is -0.136. The van der Waals surface area contributed by atoms with Crippen molar-refractivity contribution in [2.75, 3.05) is 0 Å². The van der Waals surface area contributed by atoms with Gasteiger partial charge in [0.1, 0.15) is 6.04 Å². The number of halogens is 3. The van der Waals surface area contributed by atoms with Crippen LogP contribution in [0.25, 0.3) is 10.9 Å². The number of benzene rings is 1. The van der Waals surface area contributed by atoms with E-state index in [1.807, 2.05) is 0 Å². The first-order valence-corrected chi connectivity index (χ1v) is 10.1. The minimum atomic E-state index is -4.97. The molecule has 1 unspecified atom stereocenters. The van der Waals surface area contributed by atoms with Crippen molar-refractivity contribution in [3.63, 3.8) is 0 Å². The Morgan fingerprint density at radius 3 is 2.41 bits per heavy atom. The van der Waals surface area contributed by atoms with E-state index in [4.69, 9.17) is 5.73 Å².